The third kappa shape index (κ3) is 5.27. The highest BCUT2D eigenvalue weighted by atomic mass is 32.2. The summed E-state index contributed by atoms with van der Waals surface area (Å²) >= 11 is 0. The van der Waals surface area contributed by atoms with Crippen LogP contribution in [0.2, 0.25) is 0 Å². The molecule has 1 aliphatic heterocycles. The standard InChI is InChI=1S/C24H21FN2O5S/c25-20-8-10-21(11-9-20)26-23(28)16-32-24(29)18-6-3-7-22(14-18)33(30,31)27-13-12-17-4-1-2-5-19(17)15-27/h1-11,14H,12-13,15-16H2,(H,26,28). The van der Waals surface area contributed by atoms with Crippen LogP contribution in [0.3, 0.4) is 0 Å². The number of carbonyl (C=O) groups is 2. The zero-order valence-electron chi connectivity index (χ0n) is 17.5. The third-order valence-corrected chi connectivity index (χ3v) is 7.11. The van der Waals surface area contributed by atoms with Gasteiger partial charge in [0, 0.05) is 18.8 Å². The number of nitrogens with one attached hydrogen (secondary N) is 1. The molecule has 1 aliphatic rings. The minimum atomic E-state index is -3.82. The van der Waals surface area contributed by atoms with Crippen LogP contribution in [0.25, 0.3) is 0 Å². The summed E-state index contributed by atoms with van der Waals surface area (Å²) in [7, 11) is -3.82. The zero-order valence-corrected chi connectivity index (χ0v) is 18.3. The van der Waals surface area contributed by atoms with Crippen LogP contribution in [0.5, 0.6) is 0 Å². The summed E-state index contributed by atoms with van der Waals surface area (Å²) in [4.78, 5) is 24.4. The van der Waals surface area contributed by atoms with E-state index in [0.717, 1.165) is 11.1 Å². The number of amides is 1. The molecule has 0 fully saturated rings. The lowest BCUT2D eigenvalue weighted by Crippen LogP contribution is -2.36. The molecule has 1 amide bonds. The molecule has 33 heavy (non-hydrogen) atoms. The van der Waals surface area contributed by atoms with E-state index in [1.54, 1.807) is 0 Å². The predicted molar refractivity (Wildman–Crippen MR) is 119 cm³/mol. The summed E-state index contributed by atoms with van der Waals surface area (Å²) in [6.07, 6.45) is 0.611. The first-order valence-corrected chi connectivity index (χ1v) is 11.7. The van der Waals surface area contributed by atoms with Gasteiger partial charge in [0.2, 0.25) is 10.0 Å². The Kier molecular flexibility index (Phi) is 6.52. The molecule has 1 heterocycles. The molecule has 0 bridgehead atoms. The van der Waals surface area contributed by atoms with Gasteiger partial charge in [-0.2, -0.15) is 4.31 Å². The summed E-state index contributed by atoms with van der Waals surface area (Å²) in [6.45, 7) is 0.0322. The van der Waals surface area contributed by atoms with Crippen molar-refractivity contribution in [2.45, 2.75) is 17.9 Å². The highest BCUT2D eigenvalue weighted by Gasteiger charge is 2.28. The molecule has 0 atom stereocenters. The quantitative estimate of drug-likeness (QED) is 0.560. The normalized spacial score (nSPS) is 13.7. The van der Waals surface area contributed by atoms with Gasteiger partial charge in [-0.1, -0.05) is 30.3 Å². The van der Waals surface area contributed by atoms with E-state index in [4.69, 9.17) is 4.74 Å². The van der Waals surface area contributed by atoms with Gasteiger partial charge < -0.3 is 10.1 Å². The Balaban J connectivity index is 1.41. The summed E-state index contributed by atoms with van der Waals surface area (Å²) < 4.78 is 45.6. The van der Waals surface area contributed by atoms with Crippen LogP contribution in [-0.4, -0.2) is 37.8 Å². The monoisotopic (exact) mass is 468 g/mol. The Morgan fingerprint density at radius 1 is 0.970 bits per heavy atom. The molecule has 4 rings (SSSR count). The maximum Gasteiger partial charge on any atom is 0.338 e. The largest absolute Gasteiger partial charge is 0.452 e. The van der Waals surface area contributed by atoms with E-state index >= 15 is 0 Å². The number of carbonyl (C=O) groups excluding carboxylic acids is 2. The summed E-state index contributed by atoms with van der Waals surface area (Å²) in [5, 5.41) is 2.48. The first kappa shape index (κ1) is 22.6. The van der Waals surface area contributed by atoms with Crippen LogP contribution in [0.4, 0.5) is 10.1 Å². The summed E-state index contributed by atoms with van der Waals surface area (Å²) in [5.74, 6) is -1.88. The lowest BCUT2D eigenvalue weighted by molar-refractivity contribution is -0.119. The van der Waals surface area contributed by atoms with Crippen LogP contribution in [0.1, 0.15) is 21.5 Å². The number of nitrogens with zero attached hydrogens (tertiary/aromatic N) is 1. The highest BCUT2D eigenvalue weighted by Crippen LogP contribution is 2.25. The molecule has 0 saturated carbocycles. The van der Waals surface area contributed by atoms with E-state index in [-0.39, 0.29) is 17.0 Å². The smallest absolute Gasteiger partial charge is 0.338 e. The first-order valence-electron chi connectivity index (χ1n) is 10.2. The van der Waals surface area contributed by atoms with Gasteiger partial charge in [0.25, 0.3) is 5.91 Å². The molecule has 0 unspecified atom stereocenters. The van der Waals surface area contributed by atoms with Crippen molar-refractivity contribution in [2.24, 2.45) is 0 Å². The van der Waals surface area contributed by atoms with Crippen molar-refractivity contribution in [2.75, 3.05) is 18.5 Å². The Morgan fingerprint density at radius 2 is 1.70 bits per heavy atom. The third-order valence-electron chi connectivity index (χ3n) is 5.27. The molecular formula is C24H21FN2O5S. The van der Waals surface area contributed by atoms with Gasteiger partial charge in [0.1, 0.15) is 5.82 Å². The second-order valence-corrected chi connectivity index (χ2v) is 9.45. The van der Waals surface area contributed by atoms with Gasteiger partial charge in [0.05, 0.1) is 10.5 Å². The number of rotatable bonds is 6. The number of fused-ring (bicyclic) bond motifs is 1. The topological polar surface area (TPSA) is 92.8 Å². The number of halogens is 1. The number of ether oxygens (including phenoxy) is 1. The minimum Gasteiger partial charge on any atom is -0.452 e. The molecule has 3 aromatic rings. The number of anilines is 1. The number of hydrogen-bond acceptors (Lipinski definition) is 5. The maximum absolute atomic E-state index is 13.1. The SMILES string of the molecule is O=C(COC(=O)c1cccc(S(=O)(=O)N2CCc3ccccc3C2)c1)Nc1ccc(F)cc1. The molecule has 7 nitrogen and oxygen atoms in total. The van der Waals surface area contributed by atoms with Crippen LogP contribution >= 0.6 is 0 Å². The van der Waals surface area contributed by atoms with Crippen LogP contribution in [-0.2, 0) is 32.5 Å². The predicted octanol–water partition coefficient (Wildman–Crippen LogP) is 3.37. The van der Waals surface area contributed by atoms with Gasteiger partial charge in [-0.15, -0.1) is 0 Å². The molecule has 0 saturated heterocycles. The fourth-order valence-corrected chi connectivity index (χ4v) is 5.02. The Bertz CT molecular complexity index is 1290. The van der Waals surface area contributed by atoms with E-state index in [1.165, 1.54) is 52.8 Å². The van der Waals surface area contributed by atoms with E-state index in [2.05, 4.69) is 5.32 Å². The number of hydrogen-bond donors (Lipinski definition) is 1. The van der Waals surface area contributed by atoms with Crippen LogP contribution in [0, 0.1) is 5.82 Å². The fraction of sp³-hybridized carbons (Fsp3) is 0.167. The van der Waals surface area contributed by atoms with Gasteiger partial charge in [-0.25, -0.2) is 17.6 Å². The molecule has 3 aromatic carbocycles. The lowest BCUT2D eigenvalue weighted by Gasteiger charge is -2.28. The minimum absolute atomic E-state index is 0.0167. The molecule has 170 valence electrons. The molecule has 0 aliphatic carbocycles. The second-order valence-electron chi connectivity index (χ2n) is 7.52. The van der Waals surface area contributed by atoms with E-state index in [1.807, 2.05) is 24.3 Å². The molecule has 0 spiro atoms. The van der Waals surface area contributed by atoms with Crippen LogP contribution in [0.15, 0.2) is 77.7 Å². The zero-order chi connectivity index (χ0) is 23.4. The van der Waals surface area contributed by atoms with Crippen LogP contribution < -0.4 is 5.32 Å². The molecule has 9 heteroatoms. The van der Waals surface area contributed by atoms with Gasteiger partial charge in [-0.3, -0.25) is 4.79 Å². The van der Waals surface area contributed by atoms with Crippen molar-refractivity contribution in [1.29, 1.82) is 0 Å². The number of sulfonamides is 1. The van der Waals surface area contributed by atoms with E-state index in [0.29, 0.717) is 18.7 Å². The van der Waals surface area contributed by atoms with Gasteiger partial charge >= 0.3 is 5.97 Å². The lowest BCUT2D eigenvalue weighted by atomic mass is 10.0. The van der Waals surface area contributed by atoms with Crippen molar-refractivity contribution < 1.29 is 27.1 Å². The molecule has 1 N–H and O–H groups in total. The van der Waals surface area contributed by atoms with Gasteiger partial charge in [0.15, 0.2) is 6.61 Å². The molecular weight excluding hydrogens is 447 g/mol. The first-order chi connectivity index (χ1) is 15.8. The number of esters is 1. The molecule has 0 aromatic heterocycles. The Hall–Kier alpha value is -3.56. The Morgan fingerprint density at radius 3 is 2.45 bits per heavy atom. The van der Waals surface area contributed by atoms with Crippen molar-refractivity contribution in [3.8, 4) is 0 Å². The van der Waals surface area contributed by atoms with Gasteiger partial charge in [-0.05, 0) is 60.0 Å². The fourth-order valence-electron chi connectivity index (χ4n) is 3.55. The second kappa shape index (κ2) is 9.51. The average molecular weight is 469 g/mol. The summed E-state index contributed by atoms with van der Waals surface area (Å²) in [5.41, 5.74) is 2.45. The van der Waals surface area contributed by atoms with E-state index < -0.39 is 34.3 Å². The Labute approximate surface area is 190 Å². The van der Waals surface area contributed by atoms with Crippen molar-refractivity contribution in [3.63, 3.8) is 0 Å². The van der Waals surface area contributed by atoms with Crippen molar-refractivity contribution >= 4 is 27.6 Å². The van der Waals surface area contributed by atoms with Crippen molar-refractivity contribution in [1.82, 2.24) is 4.31 Å². The average Bonchev–Trinajstić information content (AvgIpc) is 2.83. The highest BCUT2D eigenvalue weighted by molar-refractivity contribution is 7.89. The van der Waals surface area contributed by atoms with Crippen molar-refractivity contribution in [3.05, 3.63) is 95.3 Å². The number of benzene rings is 3. The maximum atomic E-state index is 13.1. The summed E-state index contributed by atoms with van der Waals surface area (Å²) in [6, 6.07) is 18.4. The molecule has 0 radical (unpaired) electrons. The van der Waals surface area contributed by atoms with E-state index in [9.17, 15) is 22.4 Å².